The molecule has 1 aromatic carbocycles. The SMILES string of the molecule is CCCN1CCc2cccc(P(P)PP)c2C1. The number of hydrogen-bond acceptors (Lipinski definition) is 1. The molecule has 0 spiro atoms. The van der Waals surface area contributed by atoms with Gasteiger partial charge in [-0.15, -0.1) is 17.9 Å². The average molecular weight is 303 g/mol. The highest BCUT2D eigenvalue weighted by atomic mass is 32.6. The minimum absolute atomic E-state index is 0.0357. The second-order valence-electron chi connectivity index (χ2n) is 4.44. The summed E-state index contributed by atoms with van der Waals surface area (Å²) in [7, 11) is 6.88. The monoisotopic (exact) mass is 303 g/mol. The Hall–Kier alpha value is 0.900. The Labute approximate surface area is 112 Å². The fraction of sp³-hybridized carbons (Fsp3) is 0.500. The maximum absolute atomic E-state index is 3.06. The fourth-order valence-corrected chi connectivity index (χ4v) is 6.34. The molecule has 1 heterocycles. The van der Waals surface area contributed by atoms with Crippen molar-refractivity contribution < 1.29 is 0 Å². The van der Waals surface area contributed by atoms with Gasteiger partial charge in [0.2, 0.25) is 0 Å². The summed E-state index contributed by atoms with van der Waals surface area (Å²) in [6.07, 6.45) is 2.50. The summed E-state index contributed by atoms with van der Waals surface area (Å²) in [6.45, 7) is 5.92. The fourth-order valence-electron chi connectivity index (χ4n) is 2.42. The zero-order valence-corrected chi connectivity index (χ0v) is 14.5. The molecule has 0 saturated carbocycles. The van der Waals surface area contributed by atoms with E-state index in [0.717, 1.165) is 7.96 Å². The highest BCUT2D eigenvalue weighted by molar-refractivity contribution is 8.63. The molecule has 4 unspecified atom stereocenters. The second-order valence-corrected chi connectivity index (χ2v) is 13.6. The lowest BCUT2D eigenvalue weighted by Crippen LogP contribution is -2.33. The smallest absolute Gasteiger partial charge is 0.0243 e. The summed E-state index contributed by atoms with van der Waals surface area (Å²) in [5.41, 5.74) is 3.22. The zero-order valence-electron chi connectivity index (χ0n) is 10.3. The Kier molecular flexibility index (Phi) is 5.80. The molecule has 17 heavy (non-hydrogen) atoms. The van der Waals surface area contributed by atoms with Gasteiger partial charge in [-0.1, -0.05) is 33.1 Å². The van der Waals surface area contributed by atoms with Crippen LogP contribution in [0.4, 0.5) is 0 Å². The quantitative estimate of drug-likeness (QED) is 0.766. The van der Waals surface area contributed by atoms with Gasteiger partial charge in [0.05, 0.1) is 0 Å². The number of hydrogen-bond donors (Lipinski definition) is 0. The summed E-state index contributed by atoms with van der Waals surface area (Å²) in [5, 5.41) is 1.61. The van der Waals surface area contributed by atoms with Crippen molar-refractivity contribution in [2.24, 2.45) is 0 Å². The topological polar surface area (TPSA) is 3.24 Å². The van der Waals surface area contributed by atoms with E-state index in [0.29, 0.717) is 0 Å². The van der Waals surface area contributed by atoms with Crippen LogP contribution < -0.4 is 5.30 Å². The number of fused-ring (bicyclic) bond motifs is 1. The van der Waals surface area contributed by atoms with Gasteiger partial charge < -0.3 is 0 Å². The van der Waals surface area contributed by atoms with Crippen molar-refractivity contribution in [1.29, 1.82) is 0 Å². The molecule has 0 amide bonds. The first kappa shape index (κ1) is 14.3. The summed E-state index contributed by atoms with van der Waals surface area (Å²) in [5.74, 6) is 0. The van der Waals surface area contributed by atoms with Crippen LogP contribution in [-0.2, 0) is 13.0 Å². The first-order valence-electron chi connectivity index (χ1n) is 6.10. The lowest BCUT2D eigenvalue weighted by atomic mass is 10.00. The largest absolute Gasteiger partial charge is 0.299 e. The third-order valence-electron chi connectivity index (χ3n) is 3.27. The third kappa shape index (κ3) is 3.47. The van der Waals surface area contributed by atoms with Crippen LogP contribution in [0.2, 0.25) is 0 Å². The average Bonchev–Trinajstić information content (AvgIpc) is 2.37. The van der Waals surface area contributed by atoms with Gasteiger partial charge in [-0.2, -0.15) is 0 Å². The Balaban J connectivity index is 2.26. The molecule has 5 heteroatoms. The van der Waals surface area contributed by atoms with Gasteiger partial charge in [0.1, 0.15) is 0 Å². The number of benzene rings is 1. The highest BCUT2D eigenvalue weighted by Gasteiger charge is 2.19. The maximum atomic E-state index is 3.06. The van der Waals surface area contributed by atoms with Gasteiger partial charge in [0.25, 0.3) is 0 Å². The van der Waals surface area contributed by atoms with Crippen molar-refractivity contribution >= 4 is 38.4 Å². The van der Waals surface area contributed by atoms with Crippen LogP contribution in [0.25, 0.3) is 0 Å². The van der Waals surface area contributed by atoms with Gasteiger partial charge in [0, 0.05) is 13.1 Å². The molecule has 2 rings (SSSR count). The molecule has 0 saturated heterocycles. The van der Waals surface area contributed by atoms with Crippen LogP contribution in [0.1, 0.15) is 24.5 Å². The second kappa shape index (κ2) is 6.89. The van der Waals surface area contributed by atoms with Gasteiger partial charge in [0.15, 0.2) is 0 Å². The molecule has 1 aromatic rings. The van der Waals surface area contributed by atoms with Crippen LogP contribution in [0.3, 0.4) is 0 Å². The predicted molar refractivity (Wildman–Crippen MR) is 90.0 cm³/mol. The van der Waals surface area contributed by atoms with E-state index in [1.807, 2.05) is 0 Å². The van der Waals surface area contributed by atoms with Crippen molar-refractivity contribution in [3.8, 4) is 0 Å². The Morgan fingerprint density at radius 1 is 1.47 bits per heavy atom. The molecular formula is C12H21NP4. The molecule has 4 atom stereocenters. The first-order chi connectivity index (χ1) is 8.26. The van der Waals surface area contributed by atoms with Crippen molar-refractivity contribution in [3.05, 3.63) is 29.3 Å². The van der Waals surface area contributed by atoms with Gasteiger partial charge in [-0.3, -0.25) is 4.90 Å². The summed E-state index contributed by atoms with van der Waals surface area (Å²) < 4.78 is 0. The first-order valence-corrected chi connectivity index (χ1v) is 12.7. The van der Waals surface area contributed by atoms with Crippen LogP contribution in [0.15, 0.2) is 18.2 Å². The van der Waals surface area contributed by atoms with E-state index >= 15 is 0 Å². The number of rotatable bonds is 4. The van der Waals surface area contributed by atoms with E-state index in [2.05, 4.69) is 47.9 Å². The van der Waals surface area contributed by atoms with E-state index in [1.165, 1.54) is 32.5 Å². The molecule has 1 aliphatic rings. The van der Waals surface area contributed by atoms with E-state index in [1.54, 1.807) is 16.4 Å². The van der Waals surface area contributed by atoms with Gasteiger partial charge in [-0.25, -0.2) is 0 Å². The summed E-state index contributed by atoms with van der Waals surface area (Å²) in [4.78, 5) is 2.60. The molecule has 0 aromatic heterocycles. The van der Waals surface area contributed by atoms with Crippen molar-refractivity contribution in [3.63, 3.8) is 0 Å². The Bertz CT molecular complexity index is 383. The van der Waals surface area contributed by atoms with Crippen LogP contribution >= 0.6 is 33.1 Å². The summed E-state index contributed by atoms with van der Waals surface area (Å²) in [6, 6.07) is 6.90. The zero-order chi connectivity index (χ0) is 12.3. The van der Waals surface area contributed by atoms with Gasteiger partial charge >= 0.3 is 0 Å². The lowest BCUT2D eigenvalue weighted by molar-refractivity contribution is 0.255. The minimum Gasteiger partial charge on any atom is -0.299 e. The molecule has 0 bridgehead atoms. The van der Waals surface area contributed by atoms with Crippen molar-refractivity contribution in [1.82, 2.24) is 4.90 Å². The Morgan fingerprint density at radius 2 is 2.29 bits per heavy atom. The van der Waals surface area contributed by atoms with E-state index in [9.17, 15) is 0 Å². The lowest BCUT2D eigenvalue weighted by Gasteiger charge is -2.31. The normalized spacial score (nSPS) is 18.5. The van der Waals surface area contributed by atoms with E-state index < -0.39 is 0 Å². The highest BCUT2D eigenvalue weighted by Crippen LogP contribution is 2.65. The van der Waals surface area contributed by atoms with E-state index in [4.69, 9.17) is 0 Å². The summed E-state index contributed by atoms with van der Waals surface area (Å²) >= 11 is 0. The minimum atomic E-state index is -0.0357. The molecule has 0 fully saturated rings. The van der Waals surface area contributed by atoms with Crippen LogP contribution in [0, 0.1) is 0 Å². The standard InChI is InChI=1S/C12H21NP4/c1-2-7-13-8-6-10-4-3-5-12(11(10)9-13)17(15)16-14/h3-5,16H,2,6-9,14-15H2,1H3. The van der Waals surface area contributed by atoms with Gasteiger partial charge in [-0.05, 0) is 43.1 Å². The van der Waals surface area contributed by atoms with Crippen LogP contribution in [0.5, 0.6) is 0 Å². The molecule has 0 radical (unpaired) electrons. The molecule has 0 aliphatic carbocycles. The Morgan fingerprint density at radius 3 is 3.00 bits per heavy atom. The molecular weight excluding hydrogens is 282 g/mol. The van der Waals surface area contributed by atoms with E-state index in [-0.39, 0.29) is 7.30 Å². The maximum Gasteiger partial charge on any atom is 0.0243 e. The van der Waals surface area contributed by atoms with Crippen LogP contribution in [-0.4, -0.2) is 18.0 Å². The predicted octanol–water partition coefficient (Wildman–Crippen LogP) is 3.74. The van der Waals surface area contributed by atoms with Crippen molar-refractivity contribution in [2.75, 3.05) is 13.1 Å². The third-order valence-corrected chi connectivity index (χ3v) is 13.4. The molecule has 94 valence electrons. The number of nitrogens with zero attached hydrogens (tertiary/aromatic N) is 1. The molecule has 1 nitrogen and oxygen atoms in total. The molecule has 0 N–H and O–H groups in total. The van der Waals surface area contributed by atoms with Crippen molar-refractivity contribution in [2.45, 2.75) is 26.3 Å². The molecule has 1 aliphatic heterocycles.